The quantitative estimate of drug-likeness (QED) is 0.277. The van der Waals surface area contributed by atoms with E-state index in [1.54, 1.807) is 16.9 Å². The minimum Gasteiger partial charge on any atom is -0.464 e. The summed E-state index contributed by atoms with van der Waals surface area (Å²) in [5, 5.41) is 22.2. The van der Waals surface area contributed by atoms with Gasteiger partial charge in [0.05, 0.1) is 22.1 Å². The third-order valence-electron chi connectivity index (χ3n) is 4.48. The molecule has 0 fully saturated rings. The zero-order chi connectivity index (χ0) is 23.4. The molecular formula is C21H16BrFN6O4. The highest BCUT2D eigenvalue weighted by Crippen LogP contribution is 2.27. The minimum atomic E-state index is -0.671. The Bertz CT molecular complexity index is 1320. The summed E-state index contributed by atoms with van der Waals surface area (Å²) in [4.78, 5) is 23.0. The van der Waals surface area contributed by atoms with E-state index in [2.05, 4.69) is 31.4 Å². The molecule has 0 saturated heterocycles. The molecule has 0 bridgehead atoms. The van der Waals surface area contributed by atoms with Crippen molar-refractivity contribution in [1.29, 1.82) is 0 Å². The summed E-state index contributed by atoms with van der Waals surface area (Å²) in [5.41, 5.74) is 1.28. The number of aromatic nitrogens is 4. The maximum absolute atomic E-state index is 13.4. The number of hydrogen-bond acceptors (Lipinski definition) is 6. The molecule has 12 heteroatoms. The highest BCUT2D eigenvalue weighted by molar-refractivity contribution is 9.10. The largest absolute Gasteiger partial charge is 0.464 e. The Hall–Kier alpha value is -4.06. The van der Waals surface area contributed by atoms with Crippen molar-refractivity contribution in [2.24, 2.45) is 0 Å². The molecule has 0 saturated carbocycles. The standard InChI is InChI=1S/C21H16BrFN6O4/c22-15-10-24-28(12-15)11-14-2-1-3-17(8-14)25-21(30)18-6-7-27(26-18)13-33-20-9-16(23)4-5-19(20)29(31)32/h1-10,12H,11,13H2,(H,25,30). The molecule has 33 heavy (non-hydrogen) atoms. The van der Waals surface area contributed by atoms with Crippen LogP contribution < -0.4 is 10.1 Å². The van der Waals surface area contributed by atoms with Crippen LogP contribution in [0.4, 0.5) is 15.8 Å². The number of carbonyl (C=O) groups excluding carboxylic acids is 1. The molecule has 2 heterocycles. The number of hydrogen-bond donors (Lipinski definition) is 1. The fourth-order valence-corrected chi connectivity index (χ4v) is 3.33. The molecular weight excluding hydrogens is 499 g/mol. The zero-order valence-electron chi connectivity index (χ0n) is 16.9. The third kappa shape index (κ3) is 5.60. The summed E-state index contributed by atoms with van der Waals surface area (Å²) in [7, 11) is 0. The van der Waals surface area contributed by atoms with E-state index in [9.17, 15) is 19.3 Å². The molecule has 0 unspecified atom stereocenters. The average Bonchev–Trinajstić information content (AvgIpc) is 3.41. The first-order chi connectivity index (χ1) is 15.9. The summed E-state index contributed by atoms with van der Waals surface area (Å²) >= 11 is 3.35. The van der Waals surface area contributed by atoms with Crippen molar-refractivity contribution in [2.75, 3.05) is 5.32 Å². The van der Waals surface area contributed by atoms with Crippen LogP contribution in [0.25, 0.3) is 0 Å². The molecule has 0 radical (unpaired) electrons. The molecule has 168 valence electrons. The van der Waals surface area contributed by atoms with Gasteiger partial charge in [0.15, 0.2) is 12.4 Å². The molecule has 10 nitrogen and oxygen atoms in total. The van der Waals surface area contributed by atoms with Gasteiger partial charge in [-0.2, -0.15) is 10.2 Å². The summed E-state index contributed by atoms with van der Waals surface area (Å²) < 4.78 is 22.7. The van der Waals surface area contributed by atoms with E-state index in [1.165, 1.54) is 16.9 Å². The van der Waals surface area contributed by atoms with E-state index < -0.39 is 16.6 Å². The molecule has 0 spiro atoms. The van der Waals surface area contributed by atoms with Crippen LogP contribution in [0.3, 0.4) is 0 Å². The van der Waals surface area contributed by atoms with E-state index in [-0.39, 0.29) is 23.9 Å². The van der Waals surface area contributed by atoms with Crippen molar-refractivity contribution in [1.82, 2.24) is 19.6 Å². The Morgan fingerprint density at radius 1 is 1.21 bits per heavy atom. The SMILES string of the molecule is O=C(Nc1cccc(Cn2cc(Br)cn2)c1)c1ccn(COc2cc(F)ccc2[N+](=O)[O-])n1. The van der Waals surface area contributed by atoms with Crippen LogP contribution in [0.15, 0.2) is 71.6 Å². The molecule has 2 aromatic heterocycles. The van der Waals surface area contributed by atoms with Gasteiger partial charge in [-0.25, -0.2) is 9.07 Å². The fourth-order valence-electron chi connectivity index (χ4n) is 3.00. The zero-order valence-corrected chi connectivity index (χ0v) is 18.5. The molecule has 0 atom stereocenters. The lowest BCUT2D eigenvalue weighted by Gasteiger charge is -2.08. The average molecular weight is 515 g/mol. The fraction of sp³-hybridized carbons (Fsp3) is 0.0952. The third-order valence-corrected chi connectivity index (χ3v) is 4.88. The van der Waals surface area contributed by atoms with Crippen molar-refractivity contribution >= 4 is 33.2 Å². The van der Waals surface area contributed by atoms with Gasteiger partial charge in [-0.3, -0.25) is 19.6 Å². The number of anilines is 1. The van der Waals surface area contributed by atoms with Crippen LogP contribution >= 0.6 is 15.9 Å². The highest BCUT2D eigenvalue weighted by Gasteiger charge is 2.17. The van der Waals surface area contributed by atoms with E-state index in [0.717, 1.165) is 28.2 Å². The van der Waals surface area contributed by atoms with Crippen LogP contribution in [0.2, 0.25) is 0 Å². The number of amides is 1. The number of nitro benzene ring substituents is 1. The van der Waals surface area contributed by atoms with E-state index in [0.29, 0.717) is 12.2 Å². The summed E-state index contributed by atoms with van der Waals surface area (Å²) in [5.74, 6) is -1.34. The number of halogens is 2. The van der Waals surface area contributed by atoms with Crippen molar-refractivity contribution in [3.05, 3.63) is 98.8 Å². The van der Waals surface area contributed by atoms with E-state index in [4.69, 9.17) is 4.74 Å². The van der Waals surface area contributed by atoms with Gasteiger partial charge in [0.25, 0.3) is 5.91 Å². The van der Waals surface area contributed by atoms with Gasteiger partial charge in [0, 0.05) is 30.2 Å². The van der Waals surface area contributed by atoms with Gasteiger partial charge < -0.3 is 10.1 Å². The maximum Gasteiger partial charge on any atom is 0.311 e. The van der Waals surface area contributed by atoms with Gasteiger partial charge in [-0.15, -0.1) is 0 Å². The Balaban J connectivity index is 1.39. The Morgan fingerprint density at radius 3 is 2.82 bits per heavy atom. The number of carbonyl (C=O) groups is 1. The van der Waals surface area contributed by atoms with Gasteiger partial charge in [-0.05, 0) is 45.8 Å². The molecule has 4 rings (SSSR count). The first-order valence-electron chi connectivity index (χ1n) is 9.56. The monoisotopic (exact) mass is 514 g/mol. The molecule has 2 aromatic carbocycles. The lowest BCUT2D eigenvalue weighted by Crippen LogP contribution is -2.14. The molecule has 0 aliphatic rings. The number of benzene rings is 2. The normalized spacial score (nSPS) is 10.7. The van der Waals surface area contributed by atoms with Crippen LogP contribution in [-0.4, -0.2) is 30.4 Å². The summed E-state index contributed by atoms with van der Waals surface area (Å²) in [6, 6.07) is 11.7. The lowest BCUT2D eigenvalue weighted by atomic mass is 10.2. The molecule has 4 aromatic rings. The van der Waals surface area contributed by atoms with Crippen LogP contribution in [-0.2, 0) is 13.3 Å². The van der Waals surface area contributed by atoms with Crippen LogP contribution in [0.5, 0.6) is 5.75 Å². The minimum absolute atomic E-state index is 0.119. The predicted molar refractivity (Wildman–Crippen MR) is 119 cm³/mol. The second-order valence-corrected chi connectivity index (χ2v) is 7.81. The van der Waals surface area contributed by atoms with E-state index >= 15 is 0 Å². The van der Waals surface area contributed by atoms with Crippen LogP contribution in [0, 0.1) is 15.9 Å². The topological polar surface area (TPSA) is 117 Å². The number of ether oxygens (including phenoxy) is 1. The molecule has 1 N–H and O–H groups in total. The summed E-state index contributed by atoms with van der Waals surface area (Å²) in [6.07, 6.45) is 5.02. The van der Waals surface area contributed by atoms with Gasteiger partial charge in [0.2, 0.25) is 5.75 Å². The number of nitrogens with one attached hydrogen (secondary N) is 1. The smallest absolute Gasteiger partial charge is 0.311 e. The summed E-state index contributed by atoms with van der Waals surface area (Å²) in [6.45, 7) is 0.292. The Morgan fingerprint density at radius 2 is 2.06 bits per heavy atom. The van der Waals surface area contributed by atoms with E-state index in [1.807, 2.05) is 24.4 Å². The predicted octanol–water partition coefficient (Wildman–Crippen LogP) is 4.23. The lowest BCUT2D eigenvalue weighted by molar-refractivity contribution is -0.386. The Kier molecular flexibility index (Phi) is 6.45. The Labute approximate surface area is 194 Å². The first-order valence-corrected chi connectivity index (χ1v) is 10.3. The molecule has 0 aliphatic heterocycles. The second-order valence-electron chi connectivity index (χ2n) is 6.89. The number of nitro groups is 1. The van der Waals surface area contributed by atoms with Crippen molar-refractivity contribution in [2.45, 2.75) is 13.3 Å². The molecule has 1 amide bonds. The van der Waals surface area contributed by atoms with Crippen molar-refractivity contribution < 1.29 is 18.8 Å². The van der Waals surface area contributed by atoms with Crippen LogP contribution in [0.1, 0.15) is 16.1 Å². The van der Waals surface area contributed by atoms with Crippen molar-refractivity contribution in [3.8, 4) is 5.75 Å². The second kappa shape index (κ2) is 9.61. The van der Waals surface area contributed by atoms with Gasteiger partial charge in [0.1, 0.15) is 5.82 Å². The number of rotatable bonds is 8. The molecule has 0 aliphatic carbocycles. The first kappa shape index (κ1) is 22.1. The van der Waals surface area contributed by atoms with Crippen molar-refractivity contribution in [3.63, 3.8) is 0 Å². The highest BCUT2D eigenvalue weighted by atomic mass is 79.9. The maximum atomic E-state index is 13.4. The van der Waals surface area contributed by atoms with Gasteiger partial charge >= 0.3 is 5.69 Å². The number of nitrogens with zero attached hydrogens (tertiary/aromatic N) is 5. The van der Waals surface area contributed by atoms with Gasteiger partial charge in [-0.1, -0.05) is 12.1 Å².